The minimum Gasteiger partial charge on any atom is -1.00 e. The van der Waals surface area contributed by atoms with Gasteiger partial charge in [-0.15, -0.1) is 0 Å². The molecular weight excluding hydrogens is 425 g/mol. The van der Waals surface area contributed by atoms with E-state index in [1.165, 1.54) is 12.1 Å². The molecule has 0 atom stereocenters. The van der Waals surface area contributed by atoms with Gasteiger partial charge in [0.1, 0.15) is 5.75 Å². The highest BCUT2D eigenvalue weighted by Crippen LogP contribution is 2.39. The molecule has 4 aromatic rings. The topological polar surface area (TPSA) is 50.0 Å². The Bertz CT molecular complexity index is 1340. The van der Waals surface area contributed by atoms with Crippen LogP contribution in [0.25, 0.3) is 22.0 Å². The average Bonchev–Trinajstić information content (AvgIpc) is 3.33. The number of halogens is 4. The number of aromatic amines is 1. The van der Waals surface area contributed by atoms with Gasteiger partial charge in [0.05, 0.1) is 16.7 Å². The summed E-state index contributed by atoms with van der Waals surface area (Å²) in [5.74, 6) is 0.119. The highest BCUT2D eigenvalue weighted by atomic mass is 35.5. The van der Waals surface area contributed by atoms with Gasteiger partial charge in [0, 0.05) is 34.3 Å². The standard InChI is InChI=1S/C24H15F3N2O.ClH/c25-24(26,27)15-7-5-14(6-8-15)23(19-12-28-21-4-2-1-3-17(19)21)20-13-29-22-10-9-16(30)11-18(20)22;/h1-13,28,30H;1H. The Morgan fingerprint density at radius 3 is 2.42 bits per heavy atom. The Labute approximate surface area is 182 Å². The fourth-order valence-electron chi connectivity index (χ4n) is 3.88. The third-order valence-corrected chi connectivity index (χ3v) is 5.29. The van der Waals surface area contributed by atoms with E-state index < -0.39 is 11.7 Å². The van der Waals surface area contributed by atoms with Gasteiger partial charge in [0.2, 0.25) is 5.69 Å². The lowest BCUT2D eigenvalue weighted by atomic mass is 9.89. The molecule has 0 saturated heterocycles. The number of alkyl halides is 3. The SMILES string of the molecule is Oc1ccc2c(c1)C(=C(c1ccc(C(F)(F)F)cc1)c1c[nH]c3ccccc13)C=[NH+]2.[Cl-]. The number of fused-ring (bicyclic) bond motifs is 2. The van der Waals surface area contributed by atoms with Crippen LogP contribution >= 0.6 is 0 Å². The summed E-state index contributed by atoms with van der Waals surface area (Å²) in [5, 5.41) is 11.0. The molecule has 1 aliphatic heterocycles. The summed E-state index contributed by atoms with van der Waals surface area (Å²) < 4.78 is 39.3. The largest absolute Gasteiger partial charge is 1.00 e. The Morgan fingerprint density at radius 1 is 0.935 bits per heavy atom. The first kappa shape index (κ1) is 20.8. The first-order valence-electron chi connectivity index (χ1n) is 9.33. The predicted octanol–water partition coefficient (Wildman–Crippen LogP) is 1.65. The van der Waals surface area contributed by atoms with E-state index in [4.69, 9.17) is 0 Å². The summed E-state index contributed by atoms with van der Waals surface area (Å²) >= 11 is 0. The molecule has 5 rings (SSSR count). The molecule has 1 aromatic heterocycles. The van der Waals surface area contributed by atoms with E-state index in [0.29, 0.717) is 5.56 Å². The Balaban J connectivity index is 0.00000231. The van der Waals surface area contributed by atoms with Crippen molar-refractivity contribution < 1.29 is 35.7 Å². The van der Waals surface area contributed by atoms with Gasteiger partial charge >= 0.3 is 6.18 Å². The zero-order valence-electron chi connectivity index (χ0n) is 16.0. The maximum Gasteiger partial charge on any atom is 0.416 e. The third kappa shape index (κ3) is 3.59. The number of phenols is 1. The van der Waals surface area contributed by atoms with Crippen LogP contribution in [-0.2, 0) is 6.18 Å². The van der Waals surface area contributed by atoms with Crippen LogP contribution in [0.1, 0.15) is 22.3 Å². The second kappa shape index (κ2) is 7.63. The average molecular weight is 441 g/mol. The van der Waals surface area contributed by atoms with Crippen LogP contribution in [0.15, 0.2) is 72.9 Å². The second-order valence-corrected chi connectivity index (χ2v) is 7.13. The van der Waals surface area contributed by atoms with Crippen molar-refractivity contribution in [3.05, 3.63) is 95.2 Å². The molecule has 156 valence electrons. The molecule has 3 nitrogen and oxygen atoms in total. The number of allylic oxidation sites excluding steroid dienone is 1. The summed E-state index contributed by atoms with van der Waals surface area (Å²) in [6.07, 6.45) is -0.718. The van der Waals surface area contributed by atoms with Gasteiger partial charge in [-0.25, -0.2) is 4.99 Å². The van der Waals surface area contributed by atoms with E-state index in [9.17, 15) is 18.3 Å². The van der Waals surface area contributed by atoms with E-state index in [1.807, 2.05) is 36.7 Å². The molecule has 0 amide bonds. The first-order valence-corrected chi connectivity index (χ1v) is 9.33. The monoisotopic (exact) mass is 440 g/mol. The first-order chi connectivity index (χ1) is 14.4. The molecule has 0 bridgehead atoms. The molecule has 31 heavy (non-hydrogen) atoms. The van der Waals surface area contributed by atoms with Crippen molar-refractivity contribution >= 4 is 34.0 Å². The highest BCUT2D eigenvalue weighted by Gasteiger charge is 2.31. The normalized spacial score (nSPS) is 14.4. The number of hydrogen-bond donors (Lipinski definition) is 3. The molecule has 0 aliphatic carbocycles. The maximum atomic E-state index is 13.1. The predicted molar refractivity (Wildman–Crippen MR) is 110 cm³/mol. The minimum absolute atomic E-state index is 0. The number of H-pyrrole nitrogens is 1. The van der Waals surface area contributed by atoms with Crippen LogP contribution in [0, 0.1) is 0 Å². The summed E-state index contributed by atoms with van der Waals surface area (Å²) in [6.45, 7) is 0. The fraction of sp³-hybridized carbons (Fsp3) is 0.0417. The van der Waals surface area contributed by atoms with E-state index in [0.717, 1.165) is 51.0 Å². The lowest BCUT2D eigenvalue weighted by Crippen LogP contribution is -3.00. The van der Waals surface area contributed by atoms with Crippen LogP contribution in [0.3, 0.4) is 0 Å². The quantitative estimate of drug-likeness (QED) is 0.408. The number of hydrogen-bond acceptors (Lipinski definition) is 1. The molecular formula is C24H16ClF3N2O. The summed E-state index contributed by atoms with van der Waals surface area (Å²) in [4.78, 5) is 6.42. The Morgan fingerprint density at radius 2 is 1.68 bits per heavy atom. The highest BCUT2D eigenvalue weighted by molar-refractivity contribution is 6.24. The molecule has 1 aliphatic rings. The van der Waals surface area contributed by atoms with E-state index >= 15 is 0 Å². The molecule has 3 N–H and O–H groups in total. The van der Waals surface area contributed by atoms with Gasteiger partial charge in [-0.05, 0) is 35.9 Å². The molecule has 0 radical (unpaired) electrons. The van der Waals surface area contributed by atoms with Gasteiger partial charge in [-0.3, -0.25) is 0 Å². The molecule has 0 fully saturated rings. The molecule has 0 saturated carbocycles. The zero-order chi connectivity index (χ0) is 20.9. The van der Waals surface area contributed by atoms with Crippen LogP contribution in [-0.4, -0.2) is 16.3 Å². The molecule has 0 unspecified atom stereocenters. The third-order valence-electron chi connectivity index (χ3n) is 5.29. The van der Waals surface area contributed by atoms with E-state index in [-0.39, 0.29) is 18.2 Å². The van der Waals surface area contributed by atoms with Crippen LogP contribution in [0.4, 0.5) is 18.9 Å². The number of benzene rings is 3. The van der Waals surface area contributed by atoms with Gasteiger partial charge in [-0.2, -0.15) is 13.2 Å². The lowest BCUT2D eigenvalue weighted by molar-refractivity contribution is -0.342. The van der Waals surface area contributed by atoms with Crippen molar-refractivity contribution in [3.63, 3.8) is 0 Å². The molecule has 0 spiro atoms. The molecule has 2 heterocycles. The van der Waals surface area contributed by atoms with Crippen molar-refractivity contribution in [2.45, 2.75) is 6.18 Å². The lowest BCUT2D eigenvalue weighted by Gasteiger charge is -2.12. The fourth-order valence-corrected chi connectivity index (χ4v) is 3.88. The summed E-state index contributed by atoms with van der Waals surface area (Å²) in [5.41, 5.74) is 4.94. The number of rotatable bonds is 2. The Hall–Kier alpha value is -3.51. The van der Waals surface area contributed by atoms with Gasteiger partial charge in [0.25, 0.3) is 0 Å². The molecule has 7 heteroatoms. The Kier molecular flexibility index (Phi) is 5.11. The number of phenolic OH excluding ortho intramolecular Hbond substituents is 1. The van der Waals surface area contributed by atoms with Gasteiger partial charge in [-0.1, -0.05) is 30.3 Å². The van der Waals surface area contributed by atoms with Crippen molar-refractivity contribution in [1.29, 1.82) is 0 Å². The second-order valence-electron chi connectivity index (χ2n) is 7.13. The van der Waals surface area contributed by atoms with Crippen molar-refractivity contribution in [2.75, 3.05) is 0 Å². The van der Waals surface area contributed by atoms with Gasteiger partial charge in [0.15, 0.2) is 6.21 Å². The van der Waals surface area contributed by atoms with Crippen LogP contribution < -0.4 is 17.4 Å². The number of para-hydroxylation sites is 1. The number of aromatic nitrogens is 1. The number of aromatic hydroxyl groups is 1. The molecule has 3 aromatic carbocycles. The van der Waals surface area contributed by atoms with Crippen molar-refractivity contribution in [2.24, 2.45) is 0 Å². The van der Waals surface area contributed by atoms with E-state index in [2.05, 4.69) is 9.98 Å². The number of nitrogens with one attached hydrogen (secondary N) is 2. The van der Waals surface area contributed by atoms with Crippen LogP contribution in [0.5, 0.6) is 5.75 Å². The minimum atomic E-state index is -4.40. The summed E-state index contributed by atoms with van der Waals surface area (Å²) in [6, 6.07) is 17.9. The smallest absolute Gasteiger partial charge is 0.416 e. The van der Waals surface area contributed by atoms with Gasteiger partial charge < -0.3 is 22.5 Å². The zero-order valence-corrected chi connectivity index (χ0v) is 16.7. The summed E-state index contributed by atoms with van der Waals surface area (Å²) in [7, 11) is 0. The maximum absolute atomic E-state index is 13.1. The van der Waals surface area contributed by atoms with Crippen LogP contribution in [0.2, 0.25) is 0 Å². The van der Waals surface area contributed by atoms with Crippen molar-refractivity contribution in [1.82, 2.24) is 4.98 Å². The van der Waals surface area contributed by atoms with Crippen molar-refractivity contribution in [3.8, 4) is 5.75 Å². The van der Waals surface area contributed by atoms with E-state index in [1.54, 1.807) is 18.2 Å².